The number of hydrogen-bond donors (Lipinski definition) is 1. The second-order valence-corrected chi connectivity index (χ2v) is 5.82. The summed E-state index contributed by atoms with van der Waals surface area (Å²) in [7, 11) is 0. The monoisotopic (exact) mass is 380 g/mol. The van der Waals surface area contributed by atoms with Crippen molar-refractivity contribution >= 4 is 15.9 Å². The summed E-state index contributed by atoms with van der Waals surface area (Å²) in [5, 5.41) is 7.29. The molecule has 0 bridgehead atoms. The Morgan fingerprint density at radius 3 is 2.78 bits per heavy atom. The van der Waals surface area contributed by atoms with Crippen LogP contribution in [0.2, 0.25) is 0 Å². The summed E-state index contributed by atoms with van der Waals surface area (Å²) >= 11 is 3.54. The fourth-order valence-electron chi connectivity index (χ4n) is 2.10. The number of hydrogen-bond acceptors (Lipinski definition) is 5. The normalized spacial score (nSPS) is 10.6. The van der Waals surface area contributed by atoms with Crippen LogP contribution in [0.15, 0.2) is 39.8 Å². The molecule has 124 valence electrons. The molecule has 0 spiro atoms. The lowest BCUT2D eigenvalue weighted by molar-refractivity contribution is 0.295. The molecule has 0 fully saturated rings. The Kier molecular flexibility index (Phi) is 6.67. The number of halogens is 1. The molecular formula is C17H21BrN2O3. The van der Waals surface area contributed by atoms with Gasteiger partial charge in [0.15, 0.2) is 11.5 Å². The van der Waals surface area contributed by atoms with Gasteiger partial charge in [-0.05, 0) is 47.5 Å². The second kappa shape index (κ2) is 8.74. The first kappa shape index (κ1) is 17.6. The lowest BCUT2D eigenvalue weighted by atomic mass is 10.2. The van der Waals surface area contributed by atoms with Gasteiger partial charge in [-0.2, -0.15) is 0 Å². The highest BCUT2D eigenvalue weighted by molar-refractivity contribution is 9.10. The van der Waals surface area contributed by atoms with E-state index < -0.39 is 0 Å². The molecule has 0 unspecified atom stereocenters. The topological polar surface area (TPSA) is 56.5 Å². The zero-order chi connectivity index (χ0) is 16.7. The number of nitrogens with zero attached hydrogens (tertiary/aromatic N) is 1. The maximum Gasteiger partial charge on any atom is 0.175 e. The third-order valence-corrected chi connectivity index (χ3v) is 3.62. The summed E-state index contributed by atoms with van der Waals surface area (Å²) < 4.78 is 17.3. The van der Waals surface area contributed by atoms with Crippen LogP contribution in [0.3, 0.4) is 0 Å². The molecule has 1 aromatic carbocycles. The molecule has 1 heterocycles. The summed E-state index contributed by atoms with van der Waals surface area (Å²) in [4.78, 5) is 0. The van der Waals surface area contributed by atoms with Crippen LogP contribution >= 0.6 is 15.9 Å². The van der Waals surface area contributed by atoms with Gasteiger partial charge >= 0.3 is 0 Å². The number of ether oxygens (including phenoxy) is 2. The van der Waals surface area contributed by atoms with E-state index in [-0.39, 0.29) is 0 Å². The van der Waals surface area contributed by atoms with Gasteiger partial charge in [0.25, 0.3) is 0 Å². The van der Waals surface area contributed by atoms with Crippen LogP contribution in [0.5, 0.6) is 11.5 Å². The molecule has 2 aromatic rings. The standard InChI is InChI=1S/C17H21BrN2O3/c1-4-6-22-17-15(18)8-13(9-16(17)21-5-2)10-19-11-14-7-12(3)23-20-14/h4,7-9,19H,1,5-6,10-11H2,2-3H3. The summed E-state index contributed by atoms with van der Waals surface area (Å²) in [5.74, 6) is 2.23. The van der Waals surface area contributed by atoms with Gasteiger partial charge in [-0.3, -0.25) is 0 Å². The Bertz CT molecular complexity index is 655. The molecule has 0 saturated heterocycles. The average Bonchev–Trinajstić information content (AvgIpc) is 2.92. The quantitative estimate of drug-likeness (QED) is 0.666. The molecule has 0 saturated carbocycles. The molecule has 1 aromatic heterocycles. The minimum Gasteiger partial charge on any atom is -0.490 e. The minimum atomic E-state index is 0.432. The summed E-state index contributed by atoms with van der Waals surface area (Å²) in [6, 6.07) is 5.91. The van der Waals surface area contributed by atoms with Gasteiger partial charge < -0.3 is 19.3 Å². The molecule has 0 amide bonds. The van der Waals surface area contributed by atoms with Crippen molar-refractivity contribution in [3.63, 3.8) is 0 Å². The minimum absolute atomic E-state index is 0.432. The van der Waals surface area contributed by atoms with E-state index in [0.717, 1.165) is 27.2 Å². The van der Waals surface area contributed by atoms with Crippen LogP contribution in [0.25, 0.3) is 0 Å². The third-order valence-electron chi connectivity index (χ3n) is 3.03. The van der Waals surface area contributed by atoms with E-state index in [9.17, 15) is 0 Å². The number of nitrogens with one attached hydrogen (secondary N) is 1. The van der Waals surface area contributed by atoms with E-state index in [1.807, 2.05) is 32.0 Å². The van der Waals surface area contributed by atoms with Crippen molar-refractivity contribution in [2.24, 2.45) is 0 Å². The maximum absolute atomic E-state index is 5.68. The summed E-state index contributed by atoms with van der Waals surface area (Å²) in [6.07, 6.45) is 1.71. The van der Waals surface area contributed by atoms with Gasteiger partial charge in [-0.1, -0.05) is 17.8 Å². The van der Waals surface area contributed by atoms with Crippen molar-refractivity contribution in [2.75, 3.05) is 13.2 Å². The Morgan fingerprint density at radius 2 is 2.13 bits per heavy atom. The fourth-order valence-corrected chi connectivity index (χ4v) is 2.71. The van der Waals surface area contributed by atoms with Crippen LogP contribution in [-0.2, 0) is 13.1 Å². The van der Waals surface area contributed by atoms with E-state index in [4.69, 9.17) is 14.0 Å². The van der Waals surface area contributed by atoms with Gasteiger partial charge in [0.1, 0.15) is 12.4 Å². The highest BCUT2D eigenvalue weighted by atomic mass is 79.9. The molecule has 0 aliphatic rings. The van der Waals surface area contributed by atoms with E-state index in [1.165, 1.54) is 0 Å². The fraction of sp³-hybridized carbons (Fsp3) is 0.353. The van der Waals surface area contributed by atoms with Crippen LogP contribution in [0.4, 0.5) is 0 Å². The van der Waals surface area contributed by atoms with Gasteiger partial charge in [0, 0.05) is 19.2 Å². The predicted octanol–water partition coefficient (Wildman–Crippen LogP) is 4.00. The highest BCUT2D eigenvalue weighted by Crippen LogP contribution is 2.37. The van der Waals surface area contributed by atoms with Crippen LogP contribution in [0.1, 0.15) is 23.9 Å². The van der Waals surface area contributed by atoms with E-state index in [2.05, 4.69) is 33.0 Å². The predicted molar refractivity (Wildman–Crippen MR) is 92.8 cm³/mol. The van der Waals surface area contributed by atoms with E-state index >= 15 is 0 Å². The smallest absolute Gasteiger partial charge is 0.175 e. The molecule has 1 N–H and O–H groups in total. The first-order chi connectivity index (χ1) is 11.1. The highest BCUT2D eigenvalue weighted by Gasteiger charge is 2.12. The third kappa shape index (κ3) is 5.11. The molecule has 0 atom stereocenters. The van der Waals surface area contributed by atoms with Gasteiger partial charge in [-0.15, -0.1) is 0 Å². The summed E-state index contributed by atoms with van der Waals surface area (Å²) in [5.41, 5.74) is 1.98. The second-order valence-electron chi connectivity index (χ2n) is 4.97. The molecule has 23 heavy (non-hydrogen) atoms. The van der Waals surface area contributed by atoms with Gasteiger partial charge in [-0.25, -0.2) is 0 Å². The Labute approximate surface area is 144 Å². The van der Waals surface area contributed by atoms with Crippen molar-refractivity contribution < 1.29 is 14.0 Å². The van der Waals surface area contributed by atoms with Gasteiger partial charge in [0.05, 0.1) is 16.8 Å². The first-order valence-electron chi connectivity index (χ1n) is 7.45. The molecule has 0 aliphatic heterocycles. The SMILES string of the molecule is C=CCOc1c(Br)cc(CNCc2cc(C)on2)cc1OCC. The van der Waals surface area contributed by atoms with Crippen molar-refractivity contribution in [1.82, 2.24) is 10.5 Å². The largest absolute Gasteiger partial charge is 0.490 e. The maximum atomic E-state index is 5.68. The Morgan fingerprint density at radius 1 is 1.30 bits per heavy atom. The number of benzene rings is 1. The molecule has 2 rings (SSSR count). The lowest BCUT2D eigenvalue weighted by Gasteiger charge is -2.15. The van der Waals surface area contributed by atoms with E-state index in [1.54, 1.807) is 6.08 Å². The first-order valence-corrected chi connectivity index (χ1v) is 8.25. The average molecular weight is 381 g/mol. The van der Waals surface area contributed by atoms with Crippen molar-refractivity contribution in [3.8, 4) is 11.5 Å². The zero-order valence-corrected chi connectivity index (χ0v) is 15.0. The van der Waals surface area contributed by atoms with Crippen molar-refractivity contribution in [2.45, 2.75) is 26.9 Å². The molecule has 0 radical (unpaired) electrons. The van der Waals surface area contributed by atoms with Gasteiger partial charge in [0.2, 0.25) is 0 Å². The lowest BCUT2D eigenvalue weighted by Crippen LogP contribution is -2.13. The number of aryl methyl sites for hydroxylation is 1. The van der Waals surface area contributed by atoms with Crippen molar-refractivity contribution in [3.05, 3.63) is 52.3 Å². The molecule has 0 aliphatic carbocycles. The zero-order valence-electron chi connectivity index (χ0n) is 13.4. The number of aromatic nitrogens is 1. The van der Waals surface area contributed by atoms with Crippen molar-refractivity contribution in [1.29, 1.82) is 0 Å². The molecule has 6 heteroatoms. The Balaban J connectivity index is 2.04. The van der Waals surface area contributed by atoms with Crippen LogP contribution in [0, 0.1) is 6.92 Å². The summed E-state index contributed by atoms with van der Waals surface area (Å²) in [6.45, 7) is 9.83. The van der Waals surface area contributed by atoms with Crippen LogP contribution < -0.4 is 14.8 Å². The molecular weight excluding hydrogens is 360 g/mol. The van der Waals surface area contributed by atoms with E-state index in [0.29, 0.717) is 32.1 Å². The number of rotatable bonds is 9. The molecule has 5 nitrogen and oxygen atoms in total. The van der Waals surface area contributed by atoms with Crippen LogP contribution in [-0.4, -0.2) is 18.4 Å². The Hall–Kier alpha value is -1.79.